The fourth-order valence-electron chi connectivity index (χ4n) is 1.70. The Hall–Kier alpha value is -0.910. The maximum absolute atomic E-state index is 12.8. The van der Waals surface area contributed by atoms with Gasteiger partial charge in [0.25, 0.3) is 0 Å². The van der Waals surface area contributed by atoms with Gasteiger partial charge in [0.05, 0.1) is 5.75 Å². The molecule has 2 nitrogen and oxygen atoms in total. The van der Waals surface area contributed by atoms with Crippen LogP contribution in [-0.2, 0) is 12.3 Å². The van der Waals surface area contributed by atoms with Gasteiger partial charge in [0.1, 0.15) is 10.8 Å². The maximum atomic E-state index is 12.8. The van der Waals surface area contributed by atoms with Crippen molar-refractivity contribution in [2.75, 3.05) is 0 Å². The number of aromatic nitrogens is 1. The zero-order chi connectivity index (χ0) is 13.1. The fraction of sp³-hybridized carbons (Fsp3) is 0.357. The molecule has 0 aliphatic heterocycles. The Balaban J connectivity index is 1.50. The molecule has 0 radical (unpaired) electrons. The fourth-order valence-corrected chi connectivity index (χ4v) is 3.48. The van der Waals surface area contributed by atoms with E-state index in [2.05, 4.69) is 10.3 Å². The van der Waals surface area contributed by atoms with Crippen LogP contribution in [-0.4, -0.2) is 11.0 Å². The molecule has 1 N–H and O–H groups in total. The lowest BCUT2D eigenvalue weighted by molar-refractivity contribution is 0.626. The molecular formula is C14H15FN2S2. The van der Waals surface area contributed by atoms with Crippen LogP contribution in [0, 0.1) is 5.82 Å². The lowest BCUT2D eigenvalue weighted by Crippen LogP contribution is -2.14. The highest BCUT2D eigenvalue weighted by Gasteiger charge is 2.20. The van der Waals surface area contributed by atoms with Crippen molar-refractivity contribution >= 4 is 23.1 Å². The molecule has 0 spiro atoms. The molecule has 0 unspecified atom stereocenters. The summed E-state index contributed by atoms with van der Waals surface area (Å²) >= 11 is 3.45. The molecule has 1 fully saturated rings. The number of hydrogen-bond acceptors (Lipinski definition) is 4. The molecule has 1 aliphatic carbocycles. The molecular weight excluding hydrogens is 279 g/mol. The lowest BCUT2D eigenvalue weighted by Gasteiger charge is -1.99. The van der Waals surface area contributed by atoms with E-state index in [4.69, 9.17) is 0 Å². The van der Waals surface area contributed by atoms with Gasteiger partial charge in [0, 0.05) is 28.6 Å². The summed E-state index contributed by atoms with van der Waals surface area (Å²) in [6, 6.07) is 7.34. The lowest BCUT2D eigenvalue weighted by atomic mass is 10.4. The zero-order valence-electron chi connectivity index (χ0n) is 10.4. The topological polar surface area (TPSA) is 24.9 Å². The highest BCUT2D eigenvalue weighted by molar-refractivity contribution is 7.98. The van der Waals surface area contributed by atoms with Crippen LogP contribution in [0.3, 0.4) is 0 Å². The second-order valence-electron chi connectivity index (χ2n) is 4.62. The maximum Gasteiger partial charge on any atom is 0.123 e. The van der Waals surface area contributed by atoms with Crippen LogP contribution in [0.25, 0.3) is 0 Å². The normalized spacial score (nSPS) is 14.8. The van der Waals surface area contributed by atoms with Crippen LogP contribution in [0.15, 0.2) is 35.4 Å². The Bertz CT molecular complexity index is 535. The molecule has 0 amide bonds. The molecule has 1 aromatic carbocycles. The van der Waals surface area contributed by atoms with E-state index in [0.717, 1.165) is 28.2 Å². The van der Waals surface area contributed by atoms with Crippen molar-refractivity contribution in [1.29, 1.82) is 0 Å². The van der Waals surface area contributed by atoms with Crippen LogP contribution < -0.4 is 5.32 Å². The van der Waals surface area contributed by atoms with Crippen molar-refractivity contribution in [1.82, 2.24) is 10.3 Å². The molecule has 1 saturated carbocycles. The third-order valence-electron chi connectivity index (χ3n) is 2.92. The van der Waals surface area contributed by atoms with Gasteiger partial charge in [0.15, 0.2) is 0 Å². The van der Waals surface area contributed by atoms with Gasteiger partial charge in [-0.3, -0.25) is 0 Å². The van der Waals surface area contributed by atoms with Gasteiger partial charge in [-0.2, -0.15) is 0 Å². The summed E-state index contributed by atoms with van der Waals surface area (Å²) in [6.45, 7) is 0.934. The minimum Gasteiger partial charge on any atom is -0.309 e. The number of rotatable bonds is 6. The summed E-state index contributed by atoms with van der Waals surface area (Å²) < 4.78 is 12.8. The number of nitrogens with one attached hydrogen (secondary N) is 1. The average molecular weight is 294 g/mol. The first-order valence-electron chi connectivity index (χ1n) is 6.35. The van der Waals surface area contributed by atoms with E-state index in [0.29, 0.717) is 0 Å². The summed E-state index contributed by atoms with van der Waals surface area (Å²) in [5, 5.41) is 4.61. The van der Waals surface area contributed by atoms with Crippen LogP contribution in [0.5, 0.6) is 0 Å². The van der Waals surface area contributed by atoms with Crippen LogP contribution in [0.1, 0.15) is 22.7 Å². The Morgan fingerprint density at radius 1 is 1.32 bits per heavy atom. The Morgan fingerprint density at radius 3 is 2.84 bits per heavy atom. The van der Waals surface area contributed by atoms with Gasteiger partial charge >= 0.3 is 0 Å². The average Bonchev–Trinajstić information content (AvgIpc) is 3.15. The first-order chi connectivity index (χ1) is 9.29. The zero-order valence-corrected chi connectivity index (χ0v) is 12.1. The predicted octanol–water partition coefficient (Wildman–Crippen LogP) is 3.83. The smallest absolute Gasteiger partial charge is 0.123 e. The highest BCUT2D eigenvalue weighted by Crippen LogP contribution is 2.26. The van der Waals surface area contributed by atoms with E-state index >= 15 is 0 Å². The molecule has 3 rings (SSSR count). The van der Waals surface area contributed by atoms with Crippen LogP contribution in [0.2, 0.25) is 0 Å². The van der Waals surface area contributed by atoms with Gasteiger partial charge in [0.2, 0.25) is 0 Å². The summed E-state index contributed by atoms with van der Waals surface area (Å²) in [5.41, 5.74) is 0. The number of thiazole rings is 1. The summed E-state index contributed by atoms with van der Waals surface area (Å²) in [5.74, 6) is 0.659. The highest BCUT2D eigenvalue weighted by atomic mass is 32.2. The molecule has 2 aromatic rings. The molecule has 0 bridgehead atoms. The van der Waals surface area contributed by atoms with Gasteiger partial charge < -0.3 is 5.32 Å². The van der Waals surface area contributed by atoms with Crippen molar-refractivity contribution in [3.05, 3.63) is 46.2 Å². The van der Waals surface area contributed by atoms with Crippen LogP contribution in [0.4, 0.5) is 4.39 Å². The minimum absolute atomic E-state index is 0.188. The molecule has 5 heteroatoms. The van der Waals surface area contributed by atoms with Crippen molar-refractivity contribution < 1.29 is 4.39 Å². The quantitative estimate of drug-likeness (QED) is 0.820. The first kappa shape index (κ1) is 13.1. The minimum atomic E-state index is -0.188. The van der Waals surface area contributed by atoms with E-state index < -0.39 is 0 Å². The molecule has 1 aliphatic rings. The van der Waals surface area contributed by atoms with Gasteiger partial charge in [-0.15, -0.1) is 23.1 Å². The molecule has 1 heterocycles. The van der Waals surface area contributed by atoms with Gasteiger partial charge in [-0.05, 0) is 37.1 Å². The van der Waals surface area contributed by atoms with Crippen LogP contribution >= 0.6 is 23.1 Å². The number of benzene rings is 1. The van der Waals surface area contributed by atoms with Gasteiger partial charge in [-0.1, -0.05) is 0 Å². The number of nitrogens with zero attached hydrogens (tertiary/aromatic N) is 1. The van der Waals surface area contributed by atoms with E-state index in [1.165, 1.54) is 29.9 Å². The Morgan fingerprint density at radius 2 is 2.11 bits per heavy atom. The number of thioether (sulfide) groups is 1. The number of hydrogen-bond donors (Lipinski definition) is 1. The van der Waals surface area contributed by atoms with Crippen molar-refractivity contribution in [2.45, 2.75) is 36.1 Å². The molecule has 0 atom stereocenters. The molecule has 1 aromatic heterocycles. The molecule has 0 saturated heterocycles. The SMILES string of the molecule is Fc1ccc(SCc2ncc(CNC3CC3)s2)cc1. The van der Waals surface area contributed by atoms with Crippen molar-refractivity contribution in [3.8, 4) is 0 Å². The van der Waals surface area contributed by atoms with E-state index in [9.17, 15) is 4.39 Å². The summed E-state index contributed by atoms with van der Waals surface area (Å²) in [4.78, 5) is 6.80. The third kappa shape index (κ3) is 4.03. The second kappa shape index (κ2) is 6.03. The summed E-state index contributed by atoms with van der Waals surface area (Å²) in [6.07, 6.45) is 4.58. The third-order valence-corrected chi connectivity index (χ3v) is 5.12. The first-order valence-corrected chi connectivity index (χ1v) is 8.15. The molecule has 100 valence electrons. The van der Waals surface area contributed by atoms with Gasteiger partial charge in [-0.25, -0.2) is 9.37 Å². The van der Waals surface area contributed by atoms with Crippen molar-refractivity contribution in [3.63, 3.8) is 0 Å². The Kier molecular flexibility index (Phi) is 4.15. The largest absolute Gasteiger partial charge is 0.309 e. The number of halogens is 1. The van der Waals surface area contributed by atoms with Crippen molar-refractivity contribution in [2.24, 2.45) is 0 Å². The molecule has 19 heavy (non-hydrogen) atoms. The summed E-state index contributed by atoms with van der Waals surface area (Å²) in [7, 11) is 0. The van der Waals surface area contributed by atoms with E-state index in [-0.39, 0.29) is 5.82 Å². The monoisotopic (exact) mass is 294 g/mol. The van der Waals surface area contributed by atoms with E-state index in [1.807, 2.05) is 18.3 Å². The Labute approximate surface area is 120 Å². The predicted molar refractivity (Wildman–Crippen MR) is 77.9 cm³/mol. The second-order valence-corrected chi connectivity index (χ2v) is 6.87. The standard InChI is InChI=1S/C14H15FN2S2/c15-10-1-5-12(6-2-10)18-9-14-17-8-13(19-14)7-16-11-3-4-11/h1-2,5-6,8,11,16H,3-4,7,9H2. The van der Waals surface area contributed by atoms with E-state index in [1.54, 1.807) is 23.1 Å².